The summed E-state index contributed by atoms with van der Waals surface area (Å²) < 4.78 is 82.3. The molecule has 21 aliphatic heterocycles. The zero-order valence-corrected chi connectivity index (χ0v) is 46.5. The fourth-order valence-electron chi connectivity index (χ4n) is 11.2. The summed E-state index contributed by atoms with van der Waals surface area (Å²) in [6.07, 6.45) is -73.2. The monoisotopic (exact) mass is 1310 g/mol. The lowest BCUT2D eigenvalue weighted by Crippen LogP contribution is -2.68. The smallest absolute Gasteiger partial charge is 0.187 e. The van der Waals surface area contributed by atoms with Crippen LogP contribution in [0.2, 0.25) is 0 Å². The molecule has 21 fully saturated rings. The third-order valence-electron chi connectivity index (χ3n) is 15.8. The van der Waals surface area contributed by atoms with E-state index in [9.17, 15) is 110 Å². The number of hydrogen-bond donors (Lipinski definition) is 14. The first kappa shape index (κ1) is 70.9. The zero-order chi connectivity index (χ0) is 66.0. The first-order chi connectivity index (χ1) is 43.7. The number of azide groups is 7. The van der Waals surface area contributed by atoms with E-state index in [1.807, 2.05) is 0 Å². The van der Waals surface area contributed by atoms with Gasteiger partial charge in [0.1, 0.15) is 128 Å². The van der Waals surface area contributed by atoms with Gasteiger partial charge < -0.3 is 138 Å². The Morgan fingerprint density at radius 2 is 0.297 bits per heavy atom. The Morgan fingerprint density at radius 1 is 0.187 bits per heavy atom. The summed E-state index contributed by atoms with van der Waals surface area (Å²) in [6.45, 7) is -5.63. The van der Waals surface area contributed by atoms with Gasteiger partial charge in [-0.3, -0.25) is 0 Å². The molecule has 0 aromatic carbocycles. The lowest BCUT2D eigenvalue weighted by Gasteiger charge is -2.50. The minimum absolute atomic E-state index is 0.804. The molecule has 35 atom stereocenters. The minimum atomic E-state index is -2.31. The SMILES string of the molecule is [N-]=[N+]=NCC1O[C@@H]2O[C@@H]3C(CN=[N+]=[N-])O[C@H](O[C@@H]4C(CN=[N+]=[N-])O[C@H](O[C@@H]5C(CN=[N+]=[N-])O[C@@H](O[C@@H]6C(CN=[N+]=[N-])O[C@H](O[C@@H]7C(CN=[N+]=[N-])O[C@H](O[C@@H]8C(CN=[N+]=[N-])O[C@H](O[C@H]1[C@H](O)C2O)C(O)[C@H]8O)C(O)[C@H]7O)C(O)[C@H]6O)C(O)[C@H]5O)C(O)[C@H]4O)C(O)[C@H]3O. The van der Waals surface area contributed by atoms with E-state index >= 15 is 0 Å². The fraction of sp³-hybridized carbons (Fsp3) is 1.00. The van der Waals surface area contributed by atoms with Crippen molar-refractivity contribution < 1.29 is 138 Å². The molecule has 21 saturated heterocycles. The highest BCUT2D eigenvalue weighted by Gasteiger charge is 2.59. The molecule has 0 saturated carbocycles. The van der Waals surface area contributed by atoms with Gasteiger partial charge in [-0.05, 0) is 38.7 Å². The maximum atomic E-state index is 11.7. The van der Waals surface area contributed by atoms with Crippen molar-refractivity contribution in [3.8, 4) is 0 Å². The van der Waals surface area contributed by atoms with E-state index < -0.39 is 261 Å². The predicted molar refractivity (Wildman–Crippen MR) is 277 cm³/mol. The van der Waals surface area contributed by atoms with Gasteiger partial charge in [-0.15, -0.1) is 0 Å². The van der Waals surface area contributed by atoms with Gasteiger partial charge in [-0.25, -0.2) is 0 Å². The average molecular weight is 1310 g/mol. The molecule has 91 heavy (non-hydrogen) atoms. The van der Waals surface area contributed by atoms with E-state index in [2.05, 4.69) is 70.2 Å². The van der Waals surface area contributed by atoms with Gasteiger partial charge >= 0.3 is 0 Å². The highest BCUT2D eigenvalue weighted by Crippen LogP contribution is 2.39. The van der Waals surface area contributed by atoms with Crippen LogP contribution in [0, 0.1) is 0 Å². The van der Waals surface area contributed by atoms with Gasteiger partial charge in [0.25, 0.3) is 0 Å². The molecule has 0 aromatic rings. The van der Waals surface area contributed by atoms with E-state index in [4.69, 9.17) is 66.3 Å². The second-order valence-electron chi connectivity index (χ2n) is 21.3. The van der Waals surface area contributed by atoms with Crippen LogP contribution in [0.15, 0.2) is 35.8 Å². The molecular formula is C42H63N21O28. The summed E-state index contributed by atoms with van der Waals surface area (Å²) in [7, 11) is 0. The molecule has 14 bridgehead atoms. The van der Waals surface area contributed by atoms with E-state index in [1.54, 1.807) is 0 Å². The van der Waals surface area contributed by atoms with E-state index in [1.165, 1.54) is 0 Å². The molecule has 21 heterocycles. The van der Waals surface area contributed by atoms with Gasteiger partial charge in [0.05, 0.1) is 88.5 Å². The molecule has 14 unspecified atom stereocenters. The molecule has 21 rings (SSSR count). The van der Waals surface area contributed by atoms with Crippen molar-refractivity contribution in [2.45, 2.75) is 215 Å². The largest absolute Gasteiger partial charge is 0.387 e. The molecule has 0 amide bonds. The quantitative estimate of drug-likeness (QED) is 0.0437. The Bertz CT molecular complexity index is 2290. The van der Waals surface area contributed by atoms with Gasteiger partial charge in [0.15, 0.2) is 44.0 Å². The maximum absolute atomic E-state index is 11.7. The Labute approximate surface area is 506 Å². The van der Waals surface area contributed by atoms with Crippen LogP contribution in [0.4, 0.5) is 0 Å². The maximum Gasteiger partial charge on any atom is 0.187 e. The molecule has 504 valence electrons. The molecule has 0 aliphatic carbocycles. The third kappa shape index (κ3) is 15.7. The highest BCUT2D eigenvalue weighted by molar-refractivity contribution is 5.03. The average Bonchev–Trinajstić information content (AvgIpc) is 0.853. The summed E-state index contributed by atoms with van der Waals surface area (Å²) in [4.78, 5) is 18.6. The highest BCUT2D eigenvalue weighted by atomic mass is 16.8. The van der Waals surface area contributed by atoms with Crippen LogP contribution < -0.4 is 0 Å². The molecule has 0 aromatic heterocycles. The number of aliphatic hydroxyl groups is 14. The molecule has 14 N–H and O–H groups in total. The van der Waals surface area contributed by atoms with Crippen molar-refractivity contribution in [3.05, 3.63) is 73.1 Å². The van der Waals surface area contributed by atoms with Crippen LogP contribution in [0.5, 0.6) is 0 Å². The second kappa shape index (κ2) is 32.3. The first-order valence-electron chi connectivity index (χ1n) is 27.4. The van der Waals surface area contributed by atoms with Gasteiger partial charge in [-0.1, -0.05) is 35.8 Å². The zero-order valence-electron chi connectivity index (χ0n) is 46.5. The molecule has 0 radical (unpaired) electrons. The molecule has 49 heteroatoms. The Balaban J connectivity index is 1.17. The van der Waals surface area contributed by atoms with Crippen LogP contribution >= 0.6 is 0 Å². The molecule has 49 nitrogen and oxygen atoms in total. The minimum Gasteiger partial charge on any atom is -0.387 e. The Morgan fingerprint density at radius 3 is 0.396 bits per heavy atom. The third-order valence-corrected chi connectivity index (χ3v) is 15.8. The van der Waals surface area contributed by atoms with Gasteiger partial charge in [0, 0.05) is 34.4 Å². The number of ether oxygens (including phenoxy) is 14. The molecule has 0 spiro atoms. The van der Waals surface area contributed by atoms with Crippen molar-refractivity contribution >= 4 is 0 Å². The number of rotatable bonds is 14. The molecular weight excluding hydrogens is 1250 g/mol. The number of hydrogen-bond acceptors (Lipinski definition) is 35. The van der Waals surface area contributed by atoms with Crippen LogP contribution in [-0.4, -0.2) is 332 Å². The van der Waals surface area contributed by atoms with Crippen LogP contribution in [-0.2, 0) is 66.3 Å². The normalized spacial score (nSPS) is 47.7. The summed E-state index contributed by atoms with van der Waals surface area (Å²) in [5.41, 5.74) is 65.3. The van der Waals surface area contributed by atoms with Crippen LogP contribution in [0.1, 0.15) is 0 Å². The Kier molecular flexibility index (Phi) is 25.1. The lowest BCUT2D eigenvalue weighted by atomic mass is 9.94. The summed E-state index contributed by atoms with van der Waals surface area (Å²) in [5, 5.41) is 187. The standard InChI is InChI=1S/C42H63N21O28/c43-57-50-1-8-29-15(64)22(71)36(78-8)86-30-9(2-51-58-44)80-38(24(73)17(30)66)88-32-11(4-53-60-46)82-40(26(75)19(32)68)90-34-13(6-55-62-48)84-42(28(77)21(34)70)91-35-14(7-56-63-49)83-41(27(76)20(35)69)89-33-12(5-54-61-47)81-39(25(74)18(33)67)87-31-10(3-52-59-45)79-37(85-29)23(72)16(31)65/h8-42,64-77H,1-7H2/t8?,9?,10?,11?,12?,13?,14?,15-,16-,17-,18-,19-,20-,21-,22?,23?,24?,25?,26?,27?,28?,29-,30-,31-,32-,33-,34-,35-,36-,37-,38-,39-,40-,41-,42+/m1/s1. The first-order valence-corrected chi connectivity index (χ1v) is 27.4. The van der Waals surface area contributed by atoms with Crippen molar-refractivity contribution in [2.24, 2.45) is 35.8 Å². The van der Waals surface area contributed by atoms with E-state index in [0.29, 0.717) is 0 Å². The van der Waals surface area contributed by atoms with E-state index in [0.717, 1.165) is 0 Å². The Hall–Kier alpha value is -5.95. The van der Waals surface area contributed by atoms with Crippen molar-refractivity contribution in [2.75, 3.05) is 45.8 Å². The van der Waals surface area contributed by atoms with Crippen LogP contribution in [0.25, 0.3) is 73.1 Å². The molecule has 21 aliphatic rings. The van der Waals surface area contributed by atoms with E-state index in [-0.39, 0.29) is 0 Å². The van der Waals surface area contributed by atoms with Crippen molar-refractivity contribution in [1.29, 1.82) is 0 Å². The van der Waals surface area contributed by atoms with Gasteiger partial charge in [0.2, 0.25) is 0 Å². The lowest BCUT2D eigenvalue weighted by molar-refractivity contribution is -0.391. The summed E-state index contributed by atoms with van der Waals surface area (Å²) >= 11 is 0. The van der Waals surface area contributed by atoms with Crippen LogP contribution in [0.3, 0.4) is 0 Å². The number of aliphatic hydroxyl groups excluding tert-OH is 14. The van der Waals surface area contributed by atoms with Gasteiger partial charge in [-0.2, -0.15) is 0 Å². The topological polar surface area (TPSA) is 754 Å². The summed E-state index contributed by atoms with van der Waals surface area (Å²) in [5.74, 6) is 0. The summed E-state index contributed by atoms with van der Waals surface area (Å²) in [6, 6.07) is 0. The van der Waals surface area contributed by atoms with Crippen molar-refractivity contribution in [3.63, 3.8) is 0 Å². The predicted octanol–water partition coefficient (Wildman–Crippen LogP) is -6.00. The second-order valence-corrected chi connectivity index (χ2v) is 21.3. The number of nitrogens with zero attached hydrogens (tertiary/aromatic N) is 21. The van der Waals surface area contributed by atoms with Crippen molar-refractivity contribution in [1.82, 2.24) is 0 Å². The fourth-order valence-corrected chi connectivity index (χ4v) is 11.2.